The summed E-state index contributed by atoms with van der Waals surface area (Å²) in [6.45, 7) is 5.87. The van der Waals surface area contributed by atoms with E-state index in [1.807, 2.05) is 45.0 Å². The van der Waals surface area contributed by atoms with Crippen molar-refractivity contribution < 1.29 is 28.9 Å². The molecule has 6 heteroatoms. The van der Waals surface area contributed by atoms with Gasteiger partial charge in [-0.05, 0) is 0 Å². The van der Waals surface area contributed by atoms with Gasteiger partial charge in [-0.3, -0.25) is 0 Å². The van der Waals surface area contributed by atoms with Gasteiger partial charge in [0.1, 0.15) is 0 Å². The molecule has 0 aliphatic carbocycles. The molecule has 0 bridgehead atoms. The minimum atomic E-state index is -5.17. The van der Waals surface area contributed by atoms with E-state index in [-0.39, 0.29) is 0 Å². The van der Waals surface area contributed by atoms with Crippen molar-refractivity contribution >= 4 is 13.5 Å². The van der Waals surface area contributed by atoms with Crippen LogP contribution in [0.15, 0.2) is 24.3 Å². The molecule has 0 saturated carbocycles. The van der Waals surface area contributed by atoms with Gasteiger partial charge in [0.15, 0.2) is 0 Å². The molecular formula is C12H20CrO4Si. The average molecular weight is 308 g/mol. The molecule has 1 N–H and O–H groups in total. The van der Waals surface area contributed by atoms with Crippen LogP contribution in [0.4, 0.5) is 0 Å². The SMILES string of the molecule is CCc1ccccc1[Si](CC)(CC)[O][Cr](=[O])(=[O])[OH]. The molecule has 0 spiro atoms. The molecule has 0 atom stereocenters. The van der Waals surface area contributed by atoms with Gasteiger partial charge in [0.05, 0.1) is 0 Å². The molecule has 0 heterocycles. The van der Waals surface area contributed by atoms with E-state index in [9.17, 15) is 7.61 Å². The Bertz CT molecular complexity index is 495. The third-order valence-corrected chi connectivity index (χ3v) is 10.1. The fourth-order valence-electron chi connectivity index (χ4n) is 2.27. The van der Waals surface area contributed by atoms with Crippen molar-refractivity contribution in [1.29, 1.82) is 0 Å². The van der Waals surface area contributed by atoms with Crippen LogP contribution < -0.4 is 5.19 Å². The maximum atomic E-state index is 11.2. The molecule has 0 saturated heterocycles. The van der Waals surface area contributed by atoms with Crippen LogP contribution >= 0.6 is 0 Å². The molecule has 0 aromatic heterocycles. The number of aryl methyl sites for hydroxylation is 1. The molecule has 102 valence electrons. The third kappa shape index (κ3) is 3.50. The van der Waals surface area contributed by atoms with Gasteiger partial charge in [-0.1, -0.05) is 0 Å². The van der Waals surface area contributed by atoms with Crippen LogP contribution in [0.3, 0.4) is 0 Å². The van der Waals surface area contributed by atoms with Gasteiger partial charge in [0.25, 0.3) is 0 Å². The molecule has 1 aromatic carbocycles. The first-order valence-electron chi connectivity index (χ1n) is 6.15. The van der Waals surface area contributed by atoms with Gasteiger partial charge < -0.3 is 0 Å². The first-order chi connectivity index (χ1) is 8.38. The normalized spacial score (nSPS) is 12.7. The van der Waals surface area contributed by atoms with E-state index in [1.54, 1.807) is 0 Å². The van der Waals surface area contributed by atoms with Crippen LogP contribution in [0.5, 0.6) is 0 Å². The van der Waals surface area contributed by atoms with E-state index in [1.165, 1.54) is 0 Å². The summed E-state index contributed by atoms with van der Waals surface area (Å²) in [6.07, 6.45) is 0.827. The summed E-state index contributed by atoms with van der Waals surface area (Å²) >= 11 is -5.17. The average Bonchev–Trinajstić information content (AvgIpc) is 2.35. The van der Waals surface area contributed by atoms with Crippen LogP contribution in [0, 0.1) is 0 Å². The van der Waals surface area contributed by atoms with Gasteiger partial charge in [0.2, 0.25) is 0 Å². The first kappa shape index (κ1) is 15.5. The molecule has 1 rings (SSSR count). The third-order valence-electron chi connectivity index (χ3n) is 3.30. The zero-order chi connectivity index (χ0) is 13.8. The second-order valence-electron chi connectivity index (χ2n) is 4.22. The van der Waals surface area contributed by atoms with Crippen molar-refractivity contribution in [2.75, 3.05) is 0 Å². The quantitative estimate of drug-likeness (QED) is 0.818. The fraction of sp³-hybridized carbons (Fsp3) is 0.500. The van der Waals surface area contributed by atoms with Crippen LogP contribution in [-0.2, 0) is 31.1 Å². The first-order valence-corrected chi connectivity index (χ1v) is 10.6. The van der Waals surface area contributed by atoms with Crippen molar-refractivity contribution in [2.45, 2.75) is 39.3 Å². The molecule has 0 radical (unpaired) electrons. The van der Waals surface area contributed by atoms with Gasteiger partial charge in [-0.2, -0.15) is 0 Å². The van der Waals surface area contributed by atoms with Crippen molar-refractivity contribution in [3.8, 4) is 0 Å². The van der Waals surface area contributed by atoms with Gasteiger partial charge >= 0.3 is 111 Å². The molecule has 4 nitrogen and oxygen atoms in total. The van der Waals surface area contributed by atoms with Gasteiger partial charge in [-0.25, -0.2) is 0 Å². The van der Waals surface area contributed by atoms with E-state index in [2.05, 4.69) is 0 Å². The van der Waals surface area contributed by atoms with Crippen molar-refractivity contribution in [1.82, 2.24) is 0 Å². The standard InChI is InChI=1S/C12H19OSi.Cr.H2O.2O/c1-4-11-9-7-8-10-12(11)14(13,5-2)6-3;;;;/h7-10H,4-6H2,1-3H3;;1H2;;/q-1;+2;;;/p-1. The van der Waals surface area contributed by atoms with E-state index < -0.39 is 21.9 Å². The molecule has 0 fully saturated rings. The summed E-state index contributed by atoms with van der Waals surface area (Å²) in [6, 6.07) is 9.01. The number of hydrogen-bond acceptors (Lipinski definition) is 3. The molecule has 0 aliphatic heterocycles. The fourth-order valence-corrected chi connectivity index (χ4v) is 8.92. The Morgan fingerprint density at radius 1 is 1.17 bits per heavy atom. The number of rotatable bonds is 6. The van der Waals surface area contributed by atoms with Crippen LogP contribution in [0.2, 0.25) is 12.1 Å². The summed E-state index contributed by atoms with van der Waals surface area (Å²) < 4.78 is 36.6. The van der Waals surface area contributed by atoms with Crippen molar-refractivity contribution in [2.24, 2.45) is 0 Å². The molecule has 0 amide bonds. The predicted molar refractivity (Wildman–Crippen MR) is 66.8 cm³/mol. The summed E-state index contributed by atoms with van der Waals surface area (Å²) in [4.78, 5) is 0. The Balaban J connectivity index is 3.35. The molecular weight excluding hydrogens is 288 g/mol. The molecule has 0 unspecified atom stereocenters. The second kappa shape index (κ2) is 6.09. The Morgan fingerprint density at radius 2 is 1.72 bits per heavy atom. The van der Waals surface area contributed by atoms with Crippen LogP contribution in [-0.4, -0.2) is 12.5 Å². The molecule has 18 heavy (non-hydrogen) atoms. The number of benzene rings is 1. The summed E-state index contributed by atoms with van der Waals surface area (Å²) in [5.74, 6) is 0. The molecule has 1 aromatic rings. The predicted octanol–water partition coefficient (Wildman–Crippen LogP) is 2.13. The van der Waals surface area contributed by atoms with Gasteiger partial charge in [0, 0.05) is 0 Å². The Kier molecular flexibility index (Phi) is 5.26. The monoisotopic (exact) mass is 308 g/mol. The summed E-state index contributed by atoms with van der Waals surface area (Å²) in [5, 5.41) is 0.986. The zero-order valence-corrected chi connectivity index (χ0v) is 13.3. The topological polar surface area (TPSA) is 63.6 Å². The van der Waals surface area contributed by atoms with Crippen LogP contribution in [0.1, 0.15) is 26.3 Å². The van der Waals surface area contributed by atoms with Crippen molar-refractivity contribution in [3.63, 3.8) is 0 Å². The van der Waals surface area contributed by atoms with Crippen molar-refractivity contribution in [3.05, 3.63) is 29.8 Å². The van der Waals surface area contributed by atoms with E-state index >= 15 is 0 Å². The zero-order valence-electron chi connectivity index (χ0n) is 11.0. The van der Waals surface area contributed by atoms with E-state index in [0.717, 1.165) is 17.2 Å². The Labute approximate surface area is 112 Å². The Hall–Kier alpha value is -0.511. The molecule has 0 aliphatic rings. The van der Waals surface area contributed by atoms with Gasteiger partial charge in [-0.15, -0.1) is 0 Å². The maximum absolute atomic E-state index is 11.2. The van der Waals surface area contributed by atoms with E-state index in [4.69, 9.17) is 7.64 Å². The minimum absolute atomic E-state index is 0.630. The van der Waals surface area contributed by atoms with E-state index in [0.29, 0.717) is 12.1 Å². The van der Waals surface area contributed by atoms with Crippen LogP contribution in [0.25, 0.3) is 0 Å². The summed E-state index contributed by atoms with van der Waals surface area (Å²) in [5.41, 5.74) is 1.11. The number of hydrogen-bond donors (Lipinski definition) is 1. The summed E-state index contributed by atoms with van der Waals surface area (Å²) in [7, 11) is -2.63. The Morgan fingerprint density at radius 3 is 2.17 bits per heavy atom. The second-order valence-corrected chi connectivity index (χ2v) is 10.4.